The summed E-state index contributed by atoms with van der Waals surface area (Å²) < 4.78 is 21.6. The average Bonchev–Trinajstić information content (AvgIpc) is 3.24. The standard InChI is InChI=1S/C28H25NO7S/c1-33-22-13-8-19(24(16-22)34-2)15-23(27(31)35-3)18-6-11-21(12-7-18)36-20-9-4-17(5-10-20)14-25-26(30)29-28(32)37-25/h4-13,15-16,25H,14H2,1-3H3,(H,29,30,32)/b23-15+. The number of hydrogen-bond acceptors (Lipinski definition) is 8. The van der Waals surface area contributed by atoms with Crippen molar-refractivity contribution in [1.82, 2.24) is 5.32 Å². The van der Waals surface area contributed by atoms with Crippen molar-refractivity contribution in [3.05, 3.63) is 83.4 Å². The second-order valence-corrected chi connectivity index (χ2v) is 9.19. The van der Waals surface area contributed by atoms with Crippen LogP contribution in [0.25, 0.3) is 11.6 Å². The van der Waals surface area contributed by atoms with Gasteiger partial charge in [-0.1, -0.05) is 36.0 Å². The van der Waals surface area contributed by atoms with E-state index in [2.05, 4.69) is 5.32 Å². The molecule has 1 heterocycles. The molecule has 190 valence electrons. The van der Waals surface area contributed by atoms with Gasteiger partial charge in [0.15, 0.2) is 0 Å². The van der Waals surface area contributed by atoms with E-state index in [1.807, 2.05) is 12.1 Å². The minimum atomic E-state index is -0.488. The van der Waals surface area contributed by atoms with Crippen LogP contribution in [0, 0.1) is 0 Å². The molecular weight excluding hydrogens is 494 g/mol. The van der Waals surface area contributed by atoms with E-state index < -0.39 is 11.2 Å². The Morgan fingerprint density at radius 2 is 1.54 bits per heavy atom. The van der Waals surface area contributed by atoms with Gasteiger partial charge >= 0.3 is 5.97 Å². The zero-order valence-electron chi connectivity index (χ0n) is 20.5. The second-order valence-electron chi connectivity index (χ2n) is 8.02. The Kier molecular flexibility index (Phi) is 8.15. The Hall–Kier alpha value is -4.24. The first kappa shape index (κ1) is 25.8. The van der Waals surface area contributed by atoms with E-state index in [1.165, 1.54) is 7.11 Å². The highest BCUT2D eigenvalue weighted by Gasteiger charge is 2.31. The van der Waals surface area contributed by atoms with E-state index in [0.717, 1.165) is 17.3 Å². The van der Waals surface area contributed by atoms with Gasteiger partial charge in [0.25, 0.3) is 5.24 Å². The summed E-state index contributed by atoms with van der Waals surface area (Å²) in [5.41, 5.74) is 2.62. The zero-order valence-corrected chi connectivity index (χ0v) is 21.3. The first-order chi connectivity index (χ1) is 17.9. The number of imide groups is 1. The number of esters is 1. The fraction of sp³-hybridized carbons (Fsp3) is 0.179. The minimum absolute atomic E-state index is 0.263. The Morgan fingerprint density at radius 1 is 0.892 bits per heavy atom. The van der Waals surface area contributed by atoms with Crippen molar-refractivity contribution < 1.29 is 33.3 Å². The number of amides is 2. The van der Waals surface area contributed by atoms with Crippen LogP contribution in [0.1, 0.15) is 16.7 Å². The third kappa shape index (κ3) is 6.31. The van der Waals surface area contributed by atoms with Crippen LogP contribution in [0.5, 0.6) is 23.0 Å². The maximum Gasteiger partial charge on any atom is 0.338 e. The molecule has 0 spiro atoms. The molecule has 0 aliphatic carbocycles. The van der Waals surface area contributed by atoms with E-state index in [9.17, 15) is 14.4 Å². The number of benzene rings is 3. The normalized spacial score (nSPS) is 15.2. The molecule has 0 bridgehead atoms. The van der Waals surface area contributed by atoms with Crippen LogP contribution in [-0.2, 0) is 20.7 Å². The molecular formula is C28H25NO7S. The molecule has 0 radical (unpaired) electrons. The number of carbonyl (C=O) groups is 3. The van der Waals surface area contributed by atoms with Crippen molar-refractivity contribution in [3.8, 4) is 23.0 Å². The lowest BCUT2D eigenvalue weighted by Crippen LogP contribution is -2.25. The molecule has 2 amide bonds. The van der Waals surface area contributed by atoms with E-state index in [1.54, 1.807) is 74.9 Å². The maximum absolute atomic E-state index is 12.6. The van der Waals surface area contributed by atoms with Crippen molar-refractivity contribution in [3.63, 3.8) is 0 Å². The maximum atomic E-state index is 12.6. The van der Waals surface area contributed by atoms with Crippen LogP contribution >= 0.6 is 11.8 Å². The van der Waals surface area contributed by atoms with E-state index >= 15 is 0 Å². The summed E-state index contributed by atoms with van der Waals surface area (Å²) in [6.45, 7) is 0. The van der Waals surface area contributed by atoms with Crippen LogP contribution in [-0.4, -0.2) is 43.7 Å². The van der Waals surface area contributed by atoms with Gasteiger partial charge in [0.2, 0.25) is 5.91 Å². The Bertz CT molecular complexity index is 1330. The predicted molar refractivity (Wildman–Crippen MR) is 141 cm³/mol. The largest absolute Gasteiger partial charge is 0.497 e. The van der Waals surface area contributed by atoms with Crippen LogP contribution in [0.2, 0.25) is 0 Å². The van der Waals surface area contributed by atoms with Crippen LogP contribution < -0.4 is 19.5 Å². The highest BCUT2D eigenvalue weighted by atomic mass is 32.2. The van der Waals surface area contributed by atoms with Gasteiger partial charge in [-0.15, -0.1) is 0 Å². The highest BCUT2D eigenvalue weighted by molar-refractivity contribution is 8.15. The summed E-state index contributed by atoms with van der Waals surface area (Å²) in [6, 6.07) is 19.7. The van der Waals surface area contributed by atoms with E-state index in [0.29, 0.717) is 46.1 Å². The first-order valence-electron chi connectivity index (χ1n) is 11.3. The smallest absolute Gasteiger partial charge is 0.338 e. The van der Waals surface area contributed by atoms with Crippen LogP contribution in [0.3, 0.4) is 0 Å². The Balaban J connectivity index is 1.49. The van der Waals surface area contributed by atoms with Gasteiger partial charge in [0, 0.05) is 11.6 Å². The summed E-state index contributed by atoms with van der Waals surface area (Å²) >= 11 is 1.01. The molecule has 0 aromatic heterocycles. The van der Waals surface area contributed by atoms with Crippen LogP contribution in [0.4, 0.5) is 4.79 Å². The van der Waals surface area contributed by atoms with Gasteiger partial charge in [0.05, 0.1) is 32.2 Å². The van der Waals surface area contributed by atoms with Gasteiger partial charge in [0.1, 0.15) is 23.0 Å². The molecule has 1 unspecified atom stereocenters. The minimum Gasteiger partial charge on any atom is -0.497 e. The number of nitrogens with one attached hydrogen (secondary N) is 1. The molecule has 8 nitrogen and oxygen atoms in total. The quantitative estimate of drug-likeness (QED) is 0.237. The second kappa shape index (κ2) is 11.7. The molecule has 1 aliphatic heterocycles. The summed E-state index contributed by atoms with van der Waals surface area (Å²) in [5.74, 6) is 1.64. The van der Waals surface area contributed by atoms with Gasteiger partial charge in [-0.05, 0) is 60.0 Å². The van der Waals surface area contributed by atoms with Crippen LogP contribution in [0.15, 0.2) is 66.7 Å². The molecule has 1 atom stereocenters. The molecule has 1 N–H and O–H groups in total. The molecule has 3 aromatic rings. The third-order valence-corrected chi connectivity index (χ3v) is 6.64. The summed E-state index contributed by atoms with van der Waals surface area (Å²) in [4.78, 5) is 35.7. The number of rotatable bonds is 9. The molecule has 1 aliphatic rings. The Morgan fingerprint density at radius 3 is 2.11 bits per heavy atom. The number of thioether (sulfide) groups is 1. The summed E-state index contributed by atoms with van der Waals surface area (Å²) in [7, 11) is 4.45. The predicted octanol–water partition coefficient (Wildman–Crippen LogP) is 5.10. The van der Waals surface area contributed by atoms with E-state index in [-0.39, 0.29) is 11.1 Å². The lowest BCUT2D eigenvalue weighted by atomic mass is 10.0. The zero-order chi connectivity index (χ0) is 26.4. The number of hydrogen-bond donors (Lipinski definition) is 1. The van der Waals surface area contributed by atoms with Gasteiger partial charge < -0.3 is 18.9 Å². The molecule has 3 aromatic carbocycles. The summed E-state index contributed by atoms with van der Waals surface area (Å²) in [5, 5.41) is 1.57. The van der Waals surface area contributed by atoms with Crippen molar-refractivity contribution >= 4 is 40.5 Å². The topological polar surface area (TPSA) is 100 Å². The van der Waals surface area contributed by atoms with Crippen molar-refractivity contribution in [2.45, 2.75) is 11.7 Å². The molecule has 37 heavy (non-hydrogen) atoms. The molecule has 4 rings (SSSR count). The number of carbonyl (C=O) groups excluding carboxylic acids is 3. The highest BCUT2D eigenvalue weighted by Crippen LogP contribution is 2.31. The lowest BCUT2D eigenvalue weighted by molar-refractivity contribution is -0.133. The third-order valence-electron chi connectivity index (χ3n) is 5.66. The number of ether oxygens (including phenoxy) is 4. The summed E-state index contributed by atoms with van der Waals surface area (Å²) in [6.07, 6.45) is 2.16. The van der Waals surface area contributed by atoms with E-state index in [4.69, 9.17) is 18.9 Å². The van der Waals surface area contributed by atoms with Gasteiger partial charge in [-0.3, -0.25) is 14.9 Å². The molecule has 9 heteroatoms. The fourth-order valence-electron chi connectivity index (χ4n) is 3.74. The monoisotopic (exact) mass is 519 g/mol. The molecule has 1 saturated heterocycles. The van der Waals surface area contributed by atoms with Crippen molar-refractivity contribution in [1.29, 1.82) is 0 Å². The van der Waals surface area contributed by atoms with Crippen molar-refractivity contribution in [2.75, 3.05) is 21.3 Å². The Labute approximate surface area is 218 Å². The molecule has 0 saturated carbocycles. The number of methoxy groups -OCH3 is 3. The van der Waals surface area contributed by atoms with Gasteiger partial charge in [-0.2, -0.15) is 0 Å². The average molecular weight is 520 g/mol. The first-order valence-corrected chi connectivity index (χ1v) is 12.2. The SMILES string of the molecule is COC(=O)/C(=C/c1ccc(OC)cc1OC)c1ccc(Oc2ccc(CC3SC(=O)NC3=O)cc2)cc1. The molecule has 1 fully saturated rings. The van der Waals surface area contributed by atoms with Gasteiger partial charge in [-0.25, -0.2) is 4.79 Å². The fourth-order valence-corrected chi connectivity index (χ4v) is 4.60. The lowest BCUT2D eigenvalue weighted by Gasteiger charge is -2.11. The van der Waals surface area contributed by atoms with Crippen molar-refractivity contribution in [2.24, 2.45) is 0 Å².